The smallest absolute Gasteiger partial charge is 0.121 e. The molecular formula is C29H36N2O. The number of aromatic hydroxyl groups is 1. The van der Waals surface area contributed by atoms with Crippen LogP contribution in [0.3, 0.4) is 0 Å². The van der Waals surface area contributed by atoms with Gasteiger partial charge in [0.2, 0.25) is 0 Å². The number of hydrogen-bond acceptors (Lipinski definition) is 3. The van der Waals surface area contributed by atoms with Crippen molar-refractivity contribution < 1.29 is 5.11 Å². The average Bonchev–Trinajstić information content (AvgIpc) is 2.64. The van der Waals surface area contributed by atoms with E-state index < -0.39 is 0 Å². The Labute approximate surface area is 193 Å². The fourth-order valence-corrected chi connectivity index (χ4v) is 4.56. The molecule has 0 spiro atoms. The van der Waals surface area contributed by atoms with Crippen molar-refractivity contribution in [3.8, 4) is 5.75 Å². The van der Waals surface area contributed by atoms with Crippen molar-refractivity contribution in [2.75, 3.05) is 10.6 Å². The largest absolute Gasteiger partial charge is 0.508 e. The SMILES string of the molecule is C=C(Nc1cc(O)c(C(C)(C)C)cc1C(C)(C)C)C1=CNc2ccccc2C1=C1CCC1. The van der Waals surface area contributed by atoms with Crippen LogP contribution in [0.5, 0.6) is 5.75 Å². The lowest BCUT2D eigenvalue weighted by Crippen LogP contribution is -2.20. The molecule has 0 amide bonds. The summed E-state index contributed by atoms with van der Waals surface area (Å²) in [6.45, 7) is 17.4. The van der Waals surface area contributed by atoms with Gasteiger partial charge in [-0.05, 0) is 58.9 Å². The van der Waals surface area contributed by atoms with E-state index in [9.17, 15) is 5.11 Å². The van der Waals surface area contributed by atoms with Gasteiger partial charge in [-0.1, -0.05) is 71.9 Å². The Balaban J connectivity index is 1.75. The molecule has 1 saturated carbocycles. The summed E-state index contributed by atoms with van der Waals surface area (Å²) in [5.41, 5.74) is 9.93. The third kappa shape index (κ3) is 4.09. The Bertz CT molecular complexity index is 1130. The highest BCUT2D eigenvalue weighted by Crippen LogP contribution is 2.45. The van der Waals surface area contributed by atoms with E-state index in [2.05, 4.69) is 95.3 Å². The molecule has 3 heteroatoms. The van der Waals surface area contributed by atoms with Crippen LogP contribution in [0.1, 0.15) is 77.5 Å². The van der Waals surface area contributed by atoms with Gasteiger partial charge in [-0.2, -0.15) is 0 Å². The molecule has 0 saturated heterocycles. The van der Waals surface area contributed by atoms with Gasteiger partial charge in [0.05, 0.1) is 0 Å². The van der Waals surface area contributed by atoms with E-state index in [4.69, 9.17) is 0 Å². The average molecular weight is 429 g/mol. The van der Waals surface area contributed by atoms with Crippen molar-refractivity contribution in [3.05, 3.63) is 82.7 Å². The maximum absolute atomic E-state index is 10.9. The molecule has 1 fully saturated rings. The molecule has 0 bridgehead atoms. The lowest BCUT2D eigenvalue weighted by molar-refractivity contribution is 0.445. The number of anilines is 2. The Morgan fingerprint density at radius 1 is 0.969 bits per heavy atom. The van der Waals surface area contributed by atoms with Crippen molar-refractivity contribution in [3.63, 3.8) is 0 Å². The van der Waals surface area contributed by atoms with Crippen molar-refractivity contribution in [1.29, 1.82) is 0 Å². The summed E-state index contributed by atoms with van der Waals surface area (Å²) >= 11 is 0. The third-order valence-corrected chi connectivity index (χ3v) is 6.51. The minimum Gasteiger partial charge on any atom is -0.508 e. The minimum absolute atomic E-state index is 0.0859. The van der Waals surface area contributed by atoms with Crippen molar-refractivity contribution in [2.24, 2.45) is 0 Å². The number of phenols is 1. The number of allylic oxidation sites excluding steroid dienone is 2. The van der Waals surface area contributed by atoms with Gasteiger partial charge >= 0.3 is 0 Å². The highest BCUT2D eigenvalue weighted by atomic mass is 16.3. The predicted molar refractivity (Wildman–Crippen MR) is 137 cm³/mol. The van der Waals surface area contributed by atoms with Crippen molar-refractivity contribution in [2.45, 2.75) is 71.6 Å². The second kappa shape index (κ2) is 7.88. The van der Waals surface area contributed by atoms with Gasteiger partial charge in [0, 0.05) is 40.5 Å². The van der Waals surface area contributed by atoms with Crippen LogP contribution in [0.4, 0.5) is 11.4 Å². The first-order valence-corrected chi connectivity index (χ1v) is 11.6. The lowest BCUT2D eigenvalue weighted by Gasteiger charge is -2.32. The molecule has 1 aliphatic heterocycles. The van der Waals surface area contributed by atoms with Crippen LogP contribution in [-0.4, -0.2) is 5.11 Å². The zero-order valence-electron chi connectivity index (χ0n) is 20.3. The molecule has 2 aromatic carbocycles. The zero-order valence-corrected chi connectivity index (χ0v) is 20.3. The van der Waals surface area contributed by atoms with Gasteiger partial charge in [0.15, 0.2) is 0 Å². The molecule has 4 rings (SSSR count). The fourth-order valence-electron chi connectivity index (χ4n) is 4.56. The van der Waals surface area contributed by atoms with Crippen LogP contribution in [0.25, 0.3) is 5.57 Å². The third-order valence-electron chi connectivity index (χ3n) is 6.51. The van der Waals surface area contributed by atoms with Crippen LogP contribution in [0.2, 0.25) is 0 Å². The van der Waals surface area contributed by atoms with E-state index >= 15 is 0 Å². The van der Waals surface area contributed by atoms with Crippen LogP contribution in [0, 0.1) is 0 Å². The van der Waals surface area contributed by atoms with Crippen molar-refractivity contribution >= 4 is 16.9 Å². The van der Waals surface area contributed by atoms with Crippen LogP contribution in [-0.2, 0) is 10.8 Å². The second-order valence-electron chi connectivity index (χ2n) is 11.1. The van der Waals surface area contributed by atoms with E-state index in [0.717, 1.165) is 41.1 Å². The predicted octanol–water partition coefficient (Wildman–Crippen LogP) is 7.86. The van der Waals surface area contributed by atoms with E-state index in [1.54, 1.807) is 0 Å². The zero-order chi connectivity index (χ0) is 23.3. The summed E-state index contributed by atoms with van der Waals surface area (Å²) in [5, 5.41) is 17.9. The highest BCUT2D eigenvalue weighted by Gasteiger charge is 2.28. The number of para-hydroxylation sites is 1. The molecular weight excluding hydrogens is 392 g/mol. The van der Waals surface area contributed by atoms with E-state index in [-0.39, 0.29) is 10.8 Å². The molecule has 3 nitrogen and oxygen atoms in total. The Morgan fingerprint density at radius 2 is 1.62 bits per heavy atom. The number of phenolic OH excluding ortho intramolecular Hbond substituents is 1. The maximum Gasteiger partial charge on any atom is 0.121 e. The van der Waals surface area contributed by atoms with E-state index in [1.165, 1.54) is 28.7 Å². The number of rotatable bonds is 3. The normalized spacial score (nSPS) is 16.0. The quantitative estimate of drug-likeness (QED) is 0.466. The fraction of sp³-hybridized carbons (Fsp3) is 0.379. The number of fused-ring (bicyclic) bond motifs is 1. The number of nitrogens with one attached hydrogen (secondary N) is 2. The number of hydrogen-bond donors (Lipinski definition) is 3. The van der Waals surface area contributed by atoms with E-state index in [1.807, 2.05) is 6.07 Å². The molecule has 0 radical (unpaired) electrons. The van der Waals surface area contributed by atoms with Gasteiger partial charge in [-0.25, -0.2) is 0 Å². The Kier molecular flexibility index (Phi) is 5.48. The van der Waals surface area contributed by atoms with Gasteiger partial charge in [0.25, 0.3) is 0 Å². The minimum atomic E-state index is -0.138. The molecule has 3 N–H and O–H groups in total. The number of benzene rings is 2. The molecule has 2 aromatic rings. The Hall–Kier alpha value is -2.94. The van der Waals surface area contributed by atoms with Crippen LogP contribution in [0.15, 0.2) is 66.0 Å². The molecule has 2 aliphatic rings. The summed E-state index contributed by atoms with van der Waals surface area (Å²) in [7, 11) is 0. The summed E-state index contributed by atoms with van der Waals surface area (Å²) in [6.07, 6.45) is 5.60. The summed E-state index contributed by atoms with van der Waals surface area (Å²) in [5.74, 6) is 0.319. The topological polar surface area (TPSA) is 44.3 Å². The molecule has 0 aromatic heterocycles. The first-order valence-electron chi connectivity index (χ1n) is 11.6. The lowest BCUT2D eigenvalue weighted by atomic mass is 9.78. The molecule has 168 valence electrons. The van der Waals surface area contributed by atoms with Gasteiger partial charge in [-0.3, -0.25) is 0 Å². The molecule has 32 heavy (non-hydrogen) atoms. The maximum atomic E-state index is 10.9. The van der Waals surface area contributed by atoms with Crippen molar-refractivity contribution in [1.82, 2.24) is 0 Å². The molecule has 1 aliphatic carbocycles. The monoisotopic (exact) mass is 428 g/mol. The summed E-state index contributed by atoms with van der Waals surface area (Å²) < 4.78 is 0. The second-order valence-corrected chi connectivity index (χ2v) is 11.1. The standard InChI is InChI=1S/C29H36N2O/c1-18(21-17-30-24-14-9-8-13-20(24)27(21)19-11-10-12-19)31-25-16-26(32)23(29(5,6)7)15-22(25)28(2,3)4/h8-9,13-17,30-32H,1,10-12H2,2-7H3. The first-order chi connectivity index (χ1) is 15.0. The molecule has 0 atom stereocenters. The van der Waals surface area contributed by atoms with Crippen LogP contribution >= 0.6 is 0 Å². The first kappa shape index (κ1) is 22.3. The van der Waals surface area contributed by atoms with Crippen LogP contribution < -0.4 is 10.6 Å². The van der Waals surface area contributed by atoms with Gasteiger partial charge in [0.1, 0.15) is 5.75 Å². The Morgan fingerprint density at radius 3 is 2.22 bits per heavy atom. The summed E-state index contributed by atoms with van der Waals surface area (Å²) in [6, 6.07) is 12.5. The molecule has 0 unspecified atom stereocenters. The highest BCUT2D eigenvalue weighted by molar-refractivity contribution is 5.94. The molecule has 1 heterocycles. The van der Waals surface area contributed by atoms with E-state index in [0.29, 0.717) is 5.75 Å². The van der Waals surface area contributed by atoms with Gasteiger partial charge in [-0.15, -0.1) is 0 Å². The summed E-state index contributed by atoms with van der Waals surface area (Å²) in [4.78, 5) is 0. The van der Waals surface area contributed by atoms with Gasteiger partial charge < -0.3 is 15.7 Å².